The van der Waals surface area contributed by atoms with Gasteiger partial charge in [0.25, 0.3) is 0 Å². The number of hydrogen-bond donors (Lipinski definition) is 0. The molecule has 0 aromatic heterocycles. The molecule has 1 aromatic rings. The number of benzene rings is 1. The molecular weight excluding hydrogens is 192 g/mol. The van der Waals surface area contributed by atoms with Gasteiger partial charge >= 0.3 is 0 Å². The monoisotopic (exact) mass is 206 g/mol. The van der Waals surface area contributed by atoms with Crippen LogP contribution < -0.4 is 0 Å². The minimum Gasteiger partial charge on any atom is -0.0853 e. The van der Waals surface area contributed by atoms with Crippen molar-refractivity contribution in [3.8, 4) is 0 Å². The minimum atomic E-state index is 0.908. The highest BCUT2D eigenvalue weighted by atomic mass is 35.5. The third-order valence-electron chi connectivity index (χ3n) is 2.81. The molecule has 0 saturated carbocycles. The second-order valence-corrected chi connectivity index (χ2v) is 4.25. The molecule has 0 nitrogen and oxygen atoms in total. The zero-order chi connectivity index (χ0) is 9.80. The third-order valence-corrected chi connectivity index (χ3v) is 3.18. The first-order valence-corrected chi connectivity index (χ1v) is 5.65. The van der Waals surface area contributed by atoms with E-state index in [9.17, 15) is 0 Å². The van der Waals surface area contributed by atoms with Crippen LogP contribution in [0.2, 0.25) is 5.02 Å². The predicted molar refractivity (Wildman–Crippen MR) is 61.7 cm³/mol. The number of aryl methyl sites for hydroxylation is 1. The summed E-state index contributed by atoms with van der Waals surface area (Å²) in [5.74, 6) is 0. The Bertz CT molecular complexity index is 339. The summed E-state index contributed by atoms with van der Waals surface area (Å²) in [6.45, 7) is 0. The number of halogens is 1. The summed E-state index contributed by atoms with van der Waals surface area (Å²) in [4.78, 5) is 0. The van der Waals surface area contributed by atoms with Crippen LogP contribution >= 0.6 is 11.6 Å². The zero-order valence-corrected chi connectivity index (χ0v) is 9.06. The Labute approximate surface area is 90.6 Å². The van der Waals surface area contributed by atoms with E-state index >= 15 is 0 Å². The van der Waals surface area contributed by atoms with Crippen molar-refractivity contribution in [3.63, 3.8) is 0 Å². The highest BCUT2D eigenvalue weighted by molar-refractivity contribution is 6.31. The molecule has 0 spiro atoms. The maximum Gasteiger partial charge on any atom is 0.0438 e. The van der Waals surface area contributed by atoms with Crippen LogP contribution in [0.3, 0.4) is 0 Å². The third kappa shape index (κ3) is 2.39. The van der Waals surface area contributed by atoms with Gasteiger partial charge in [0.2, 0.25) is 0 Å². The van der Waals surface area contributed by atoms with Crippen molar-refractivity contribution in [1.82, 2.24) is 0 Å². The van der Waals surface area contributed by atoms with Gasteiger partial charge in [0.15, 0.2) is 0 Å². The molecular formula is C13H15Cl. The Kier molecular flexibility index (Phi) is 3.26. The van der Waals surface area contributed by atoms with Crippen LogP contribution in [-0.4, -0.2) is 0 Å². The Morgan fingerprint density at radius 3 is 2.71 bits per heavy atom. The first kappa shape index (κ1) is 9.79. The van der Waals surface area contributed by atoms with Crippen molar-refractivity contribution in [2.24, 2.45) is 0 Å². The van der Waals surface area contributed by atoms with Crippen LogP contribution in [0.1, 0.15) is 31.2 Å². The first-order chi connectivity index (χ1) is 6.86. The van der Waals surface area contributed by atoms with Crippen molar-refractivity contribution < 1.29 is 0 Å². The lowest BCUT2D eigenvalue weighted by molar-refractivity contribution is 0.845. The molecule has 14 heavy (non-hydrogen) atoms. The Balaban J connectivity index is 1.94. The van der Waals surface area contributed by atoms with Gasteiger partial charge in [-0.2, -0.15) is 0 Å². The van der Waals surface area contributed by atoms with Gasteiger partial charge in [-0.15, -0.1) is 0 Å². The van der Waals surface area contributed by atoms with Gasteiger partial charge in [0.05, 0.1) is 0 Å². The van der Waals surface area contributed by atoms with Gasteiger partial charge in [-0.05, 0) is 43.7 Å². The van der Waals surface area contributed by atoms with Crippen LogP contribution in [0.25, 0.3) is 0 Å². The molecule has 0 fully saturated rings. The zero-order valence-electron chi connectivity index (χ0n) is 8.30. The van der Waals surface area contributed by atoms with Crippen LogP contribution in [-0.2, 0) is 6.42 Å². The SMILES string of the molecule is Clc1ccccc1CCC1=CCCC1. The van der Waals surface area contributed by atoms with Crippen molar-refractivity contribution >= 4 is 11.6 Å². The second-order valence-electron chi connectivity index (χ2n) is 3.85. The molecule has 0 aliphatic heterocycles. The van der Waals surface area contributed by atoms with E-state index in [1.54, 1.807) is 5.57 Å². The van der Waals surface area contributed by atoms with Crippen LogP contribution in [0.15, 0.2) is 35.9 Å². The van der Waals surface area contributed by atoms with Gasteiger partial charge in [-0.1, -0.05) is 41.4 Å². The molecule has 0 radical (unpaired) electrons. The molecule has 0 heterocycles. The molecule has 1 aliphatic rings. The van der Waals surface area contributed by atoms with Gasteiger partial charge in [0, 0.05) is 5.02 Å². The molecule has 0 saturated heterocycles. The normalized spacial score (nSPS) is 15.6. The Morgan fingerprint density at radius 1 is 1.14 bits per heavy atom. The van der Waals surface area contributed by atoms with Gasteiger partial charge in [0.1, 0.15) is 0 Å². The summed E-state index contributed by atoms with van der Waals surface area (Å²) >= 11 is 6.09. The topological polar surface area (TPSA) is 0 Å². The summed E-state index contributed by atoms with van der Waals surface area (Å²) in [5, 5.41) is 0.908. The average molecular weight is 207 g/mol. The maximum absolute atomic E-state index is 6.09. The predicted octanol–water partition coefficient (Wildman–Crippen LogP) is 4.38. The lowest BCUT2D eigenvalue weighted by Crippen LogP contribution is -1.88. The summed E-state index contributed by atoms with van der Waals surface area (Å²) in [6, 6.07) is 8.14. The van der Waals surface area contributed by atoms with Crippen LogP contribution in [0, 0.1) is 0 Å². The van der Waals surface area contributed by atoms with Crippen LogP contribution in [0.5, 0.6) is 0 Å². The first-order valence-electron chi connectivity index (χ1n) is 5.27. The fraction of sp³-hybridized carbons (Fsp3) is 0.385. The molecule has 74 valence electrons. The van der Waals surface area contributed by atoms with Crippen LogP contribution in [0.4, 0.5) is 0 Å². The van der Waals surface area contributed by atoms with E-state index in [2.05, 4.69) is 18.2 Å². The molecule has 0 unspecified atom stereocenters. The summed E-state index contributed by atoms with van der Waals surface area (Å²) in [7, 11) is 0. The number of rotatable bonds is 3. The van der Waals surface area contributed by atoms with Gasteiger partial charge in [-0.3, -0.25) is 0 Å². The van der Waals surface area contributed by atoms with Crippen molar-refractivity contribution in [2.75, 3.05) is 0 Å². The Morgan fingerprint density at radius 2 is 2.00 bits per heavy atom. The van der Waals surface area contributed by atoms with Gasteiger partial charge < -0.3 is 0 Å². The summed E-state index contributed by atoms with van der Waals surface area (Å²) in [5.41, 5.74) is 2.90. The summed E-state index contributed by atoms with van der Waals surface area (Å²) < 4.78 is 0. The molecule has 0 bridgehead atoms. The molecule has 0 N–H and O–H groups in total. The van der Waals surface area contributed by atoms with E-state index in [0.717, 1.165) is 11.4 Å². The average Bonchev–Trinajstić information content (AvgIpc) is 2.69. The van der Waals surface area contributed by atoms with E-state index in [1.807, 2.05) is 12.1 Å². The molecule has 1 aromatic carbocycles. The molecule has 0 atom stereocenters. The maximum atomic E-state index is 6.09. The van der Waals surface area contributed by atoms with E-state index in [0.29, 0.717) is 0 Å². The van der Waals surface area contributed by atoms with Crippen molar-refractivity contribution in [2.45, 2.75) is 32.1 Å². The van der Waals surface area contributed by atoms with Crippen molar-refractivity contribution in [3.05, 3.63) is 46.5 Å². The van der Waals surface area contributed by atoms with E-state index in [1.165, 1.54) is 31.2 Å². The molecule has 0 amide bonds. The van der Waals surface area contributed by atoms with E-state index < -0.39 is 0 Å². The van der Waals surface area contributed by atoms with Crippen molar-refractivity contribution in [1.29, 1.82) is 0 Å². The highest BCUT2D eigenvalue weighted by Gasteiger charge is 2.05. The minimum absolute atomic E-state index is 0.908. The fourth-order valence-electron chi connectivity index (χ4n) is 1.96. The fourth-order valence-corrected chi connectivity index (χ4v) is 2.19. The second kappa shape index (κ2) is 4.65. The molecule has 2 rings (SSSR count). The lowest BCUT2D eigenvalue weighted by atomic mass is 10.0. The highest BCUT2D eigenvalue weighted by Crippen LogP contribution is 2.24. The van der Waals surface area contributed by atoms with E-state index in [-0.39, 0.29) is 0 Å². The van der Waals surface area contributed by atoms with E-state index in [4.69, 9.17) is 11.6 Å². The lowest BCUT2D eigenvalue weighted by Gasteiger charge is -2.04. The number of allylic oxidation sites excluding steroid dienone is 2. The quantitative estimate of drug-likeness (QED) is 0.644. The largest absolute Gasteiger partial charge is 0.0853 e. The number of hydrogen-bond acceptors (Lipinski definition) is 0. The molecule has 1 aliphatic carbocycles. The summed E-state index contributed by atoms with van der Waals surface area (Å²) in [6.07, 6.45) is 8.58. The molecule has 1 heteroatoms. The smallest absolute Gasteiger partial charge is 0.0438 e. The Hall–Kier alpha value is -0.750. The standard InChI is InChI=1S/C13H15Cl/c14-13-8-4-3-7-12(13)10-9-11-5-1-2-6-11/h3-5,7-8H,1-2,6,9-10H2. The van der Waals surface area contributed by atoms with Gasteiger partial charge in [-0.25, -0.2) is 0 Å².